The lowest BCUT2D eigenvalue weighted by Gasteiger charge is -2.37. The van der Waals surface area contributed by atoms with Crippen molar-refractivity contribution in [3.63, 3.8) is 0 Å². The van der Waals surface area contributed by atoms with Crippen molar-refractivity contribution in [2.45, 2.75) is 31.7 Å². The van der Waals surface area contributed by atoms with Crippen LogP contribution in [0.15, 0.2) is 67.4 Å². The van der Waals surface area contributed by atoms with Gasteiger partial charge in [0, 0.05) is 38.9 Å². The first-order chi connectivity index (χ1) is 16.6. The van der Waals surface area contributed by atoms with Gasteiger partial charge in [-0.05, 0) is 43.0 Å². The highest BCUT2D eigenvalue weighted by Gasteiger charge is 2.28. The van der Waals surface area contributed by atoms with Crippen LogP contribution in [0.25, 0.3) is 0 Å². The maximum absolute atomic E-state index is 13.3. The first-order valence-electron chi connectivity index (χ1n) is 11.7. The van der Waals surface area contributed by atoms with E-state index in [1.54, 1.807) is 6.20 Å². The molecule has 1 saturated heterocycles. The van der Waals surface area contributed by atoms with Gasteiger partial charge in [-0.2, -0.15) is 0 Å². The van der Waals surface area contributed by atoms with Crippen LogP contribution in [0.1, 0.15) is 24.8 Å². The third-order valence-electron chi connectivity index (χ3n) is 5.81. The summed E-state index contributed by atoms with van der Waals surface area (Å²) in [5.74, 6) is 0.465. The quantitative estimate of drug-likeness (QED) is 0.392. The Kier molecular flexibility index (Phi) is 9.64. The van der Waals surface area contributed by atoms with Crippen LogP contribution in [0.4, 0.5) is 5.82 Å². The average molecular weight is 464 g/mol. The largest absolute Gasteiger partial charge is 0.353 e. The number of benzene rings is 1. The summed E-state index contributed by atoms with van der Waals surface area (Å²) in [6.07, 6.45) is 5.17. The SMILES string of the molecule is C=CC(=O)NCCCC[C@H](NC(=O)Cc1ccccc1)C(=O)N1CCN(c2ccccn2)CC1. The third kappa shape index (κ3) is 7.72. The number of anilines is 1. The molecule has 8 heteroatoms. The summed E-state index contributed by atoms with van der Waals surface area (Å²) in [6, 6.07) is 14.7. The first kappa shape index (κ1) is 25.0. The number of rotatable bonds is 11. The lowest BCUT2D eigenvalue weighted by Crippen LogP contribution is -2.55. The van der Waals surface area contributed by atoms with Gasteiger partial charge < -0.3 is 20.4 Å². The zero-order valence-corrected chi connectivity index (χ0v) is 19.5. The highest BCUT2D eigenvalue weighted by atomic mass is 16.2. The van der Waals surface area contributed by atoms with Crippen LogP contribution in [-0.2, 0) is 20.8 Å². The number of carbonyl (C=O) groups excluding carboxylic acids is 3. The van der Waals surface area contributed by atoms with E-state index in [9.17, 15) is 14.4 Å². The van der Waals surface area contributed by atoms with Crippen molar-refractivity contribution in [3.8, 4) is 0 Å². The molecular formula is C26H33N5O3. The normalized spacial score (nSPS) is 14.2. The molecule has 1 atom stereocenters. The van der Waals surface area contributed by atoms with Crippen LogP contribution in [0.3, 0.4) is 0 Å². The highest BCUT2D eigenvalue weighted by Crippen LogP contribution is 2.14. The van der Waals surface area contributed by atoms with E-state index in [-0.39, 0.29) is 24.1 Å². The molecule has 0 unspecified atom stereocenters. The Balaban J connectivity index is 1.56. The number of hydrogen-bond donors (Lipinski definition) is 2. The maximum atomic E-state index is 13.3. The van der Waals surface area contributed by atoms with Crippen LogP contribution in [0.5, 0.6) is 0 Å². The molecule has 0 aliphatic carbocycles. The van der Waals surface area contributed by atoms with Crippen molar-refractivity contribution in [1.29, 1.82) is 0 Å². The summed E-state index contributed by atoms with van der Waals surface area (Å²) >= 11 is 0. The zero-order chi connectivity index (χ0) is 24.2. The van der Waals surface area contributed by atoms with Gasteiger partial charge in [0.15, 0.2) is 0 Å². The number of carbonyl (C=O) groups is 3. The summed E-state index contributed by atoms with van der Waals surface area (Å²) in [5.41, 5.74) is 0.905. The van der Waals surface area contributed by atoms with Gasteiger partial charge in [-0.25, -0.2) is 4.98 Å². The Morgan fingerprint density at radius 3 is 2.41 bits per heavy atom. The molecule has 0 spiro atoms. The summed E-state index contributed by atoms with van der Waals surface area (Å²) < 4.78 is 0. The number of hydrogen-bond acceptors (Lipinski definition) is 5. The van der Waals surface area contributed by atoms with Crippen LogP contribution in [0, 0.1) is 0 Å². The monoisotopic (exact) mass is 463 g/mol. The Hall–Kier alpha value is -3.68. The second-order valence-electron chi connectivity index (χ2n) is 8.27. The zero-order valence-electron chi connectivity index (χ0n) is 19.5. The Morgan fingerprint density at radius 1 is 1.00 bits per heavy atom. The maximum Gasteiger partial charge on any atom is 0.245 e. The van der Waals surface area contributed by atoms with Crippen molar-refractivity contribution in [2.75, 3.05) is 37.6 Å². The molecule has 180 valence electrons. The molecule has 0 saturated carbocycles. The van der Waals surface area contributed by atoms with Gasteiger partial charge in [-0.3, -0.25) is 14.4 Å². The van der Waals surface area contributed by atoms with Crippen molar-refractivity contribution < 1.29 is 14.4 Å². The first-order valence-corrected chi connectivity index (χ1v) is 11.7. The van der Waals surface area contributed by atoms with E-state index in [0.29, 0.717) is 52.0 Å². The van der Waals surface area contributed by atoms with Crippen LogP contribution in [0.2, 0.25) is 0 Å². The molecule has 8 nitrogen and oxygen atoms in total. The van der Waals surface area contributed by atoms with Gasteiger partial charge >= 0.3 is 0 Å². The van der Waals surface area contributed by atoms with E-state index in [4.69, 9.17) is 0 Å². The number of nitrogens with zero attached hydrogens (tertiary/aromatic N) is 3. The molecular weight excluding hydrogens is 430 g/mol. The Bertz CT molecular complexity index is 943. The smallest absolute Gasteiger partial charge is 0.245 e. The van der Waals surface area contributed by atoms with Crippen molar-refractivity contribution in [3.05, 3.63) is 72.9 Å². The molecule has 3 amide bonds. The van der Waals surface area contributed by atoms with Crippen molar-refractivity contribution in [1.82, 2.24) is 20.5 Å². The Morgan fingerprint density at radius 2 is 1.74 bits per heavy atom. The summed E-state index contributed by atoms with van der Waals surface area (Å²) in [5, 5.41) is 5.70. The molecule has 2 N–H and O–H groups in total. The van der Waals surface area contributed by atoms with Gasteiger partial charge in [-0.1, -0.05) is 43.0 Å². The minimum atomic E-state index is -0.590. The molecule has 0 bridgehead atoms. The number of unbranched alkanes of at least 4 members (excludes halogenated alkanes) is 1. The van der Waals surface area contributed by atoms with Gasteiger partial charge in [-0.15, -0.1) is 0 Å². The second-order valence-corrected chi connectivity index (χ2v) is 8.27. The Labute approximate surface area is 201 Å². The van der Waals surface area contributed by atoms with E-state index in [1.165, 1.54) is 6.08 Å². The van der Waals surface area contributed by atoms with E-state index in [1.807, 2.05) is 53.4 Å². The van der Waals surface area contributed by atoms with Crippen LogP contribution >= 0.6 is 0 Å². The van der Waals surface area contributed by atoms with Gasteiger partial charge in [0.25, 0.3) is 0 Å². The lowest BCUT2D eigenvalue weighted by atomic mass is 10.1. The fourth-order valence-electron chi connectivity index (χ4n) is 3.96. The van der Waals surface area contributed by atoms with Crippen LogP contribution < -0.4 is 15.5 Å². The number of nitrogens with one attached hydrogen (secondary N) is 2. The molecule has 2 heterocycles. The topological polar surface area (TPSA) is 94.6 Å². The summed E-state index contributed by atoms with van der Waals surface area (Å²) in [4.78, 5) is 45.7. The second kappa shape index (κ2) is 13.1. The third-order valence-corrected chi connectivity index (χ3v) is 5.81. The van der Waals surface area contributed by atoms with E-state index in [0.717, 1.165) is 11.4 Å². The predicted molar refractivity (Wildman–Crippen MR) is 132 cm³/mol. The van der Waals surface area contributed by atoms with Crippen molar-refractivity contribution in [2.24, 2.45) is 0 Å². The predicted octanol–water partition coefficient (Wildman–Crippen LogP) is 1.93. The van der Waals surface area contributed by atoms with E-state index in [2.05, 4.69) is 27.1 Å². The molecule has 1 aliphatic heterocycles. The molecule has 2 aromatic rings. The standard InChI is InChI=1S/C26H33N5O3/c1-2-24(32)28-15-8-6-12-22(29-25(33)20-21-10-4-3-5-11-21)26(34)31-18-16-30(17-19-31)23-13-7-9-14-27-23/h2-5,7,9-11,13-14,22H,1,6,8,12,15-20H2,(H,28,32)(H,29,33)/t22-/m0/s1. The van der Waals surface area contributed by atoms with Gasteiger partial charge in [0.05, 0.1) is 6.42 Å². The molecule has 34 heavy (non-hydrogen) atoms. The number of amides is 3. The highest BCUT2D eigenvalue weighted by molar-refractivity contribution is 5.88. The van der Waals surface area contributed by atoms with Gasteiger partial charge in [0.1, 0.15) is 11.9 Å². The average Bonchev–Trinajstić information content (AvgIpc) is 2.88. The molecule has 0 radical (unpaired) electrons. The summed E-state index contributed by atoms with van der Waals surface area (Å²) in [6.45, 7) is 6.49. The molecule has 1 fully saturated rings. The fraction of sp³-hybridized carbons (Fsp3) is 0.385. The van der Waals surface area contributed by atoms with Crippen LogP contribution in [-0.4, -0.2) is 66.4 Å². The van der Waals surface area contributed by atoms with Crippen molar-refractivity contribution >= 4 is 23.5 Å². The van der Waals surface area contributed by atoms with Gasteiger partial charge in [0.2, 0.25) is 17.7 Å². The minimum absolute atomic E-state index is 0.0581. The number of piperazine rings is 1. The lowest BCUT2D eigenvalue weighted by molar-refractivity contribution is -0.136. The minimum Gasteiger partial charge on any atom is -0.353 e. The molecule has 3 rings (SSSR count). The number of aromatic nitrogens is 1. The summed E-state index contributed by atoms with van der Waals surface area (Å²) in [7, 11) is 0. The fourth-order valence-corrected chi connectivity index (χ4v) is 3.96. The van der Waals surface area contributed by atoms with E-state index < -0.39 is 6.04 Å². The van der Waals surface area contributed by atoms with E-state index >= 15 is 0 Å². The molecule has 1 aromatic carbocycles. The number of pyridine rings is 1. The molecule has 1 aliphatic rings. The molecule has 1 aromatic heterocycles.